The Labute approximate surface area is 144 Å². The topological polar surface area (TPSA) is 55.3 Å². The largest absolute Gasteiger partial charge is 0.497 e. The first-order chi connectivity index (χ1) is 11.7. The number of hydrogen-bond acceptors (Lipinski definition) is 5. The number of aromatic nitrogens is 2. The Bertz CT molecular complexity index is 817. The van der Waals surface area contributed by atoms with Crippen LogP contribution < -0.4 is 4.74 Å². The fraction of sp³-hybridized carbons (Fsp3) is 0.167. The Morgan fingerprint density at radius 1 is 1.25 bits per heavy atom. The maximum Gasteiger partial charge on any atom is 0.256 e. The summed E-state index contributed by atoms with van der Waals surface area (Å²) in [6.45, 7) is 0.514. The van der Waals surface area contributed by atoms with Gasteiger partial charge in [0.2, 0.25) is 0 Å². The highest BCUT2D eigenvalue weighted by molar-refractivity contribution is 7.13. The molecule has 1 aromatic carbocycles. The van der Waals surface area contributed by atoms with E-state index >= 15 is 0 Å². The molecule has 0 aliphatic rings. The van der Waals surface area contributed by atoms with E-state index in [1.54, 1.807) is 49.1 Å². The summed E-state index contributed by atoms with van der Waals surface area (Å²) in [4.78, 5) is 23.8. The molecular formula is C18H17N3O2S. The molecule has 2 aromatic heterocycles. The number of carbonyl (C=O) groups is 1. The lowest BCUT2D eigenvalue weighted by Gasteiger charge is -2.18. The Balaban J connectivity index is 1.81. The normalized spacial score (nSPS) is 10.4. The van der Waals surface area contributed by atoms with E-state index in [9.17, 15) is 4.79 Å². The van der Waals surface area contributed by atoms with Crippen LogP contribution in [-0.4, -0.2) is 34.9 Å². The summed E-state index contributed by atoms with van der Waals surface area (Å²) in [7, 11) is 3.42. The fourth-order valence-electron chi connectivity index (χ4n) is 2.39. The van der Waals surface area contributed by atoms with Gasteiger partial charge in [0.15, 0.2) is 0 Å². The van der Waals surface area contributed by atoms with Gasteiger partial charge >= 0.3 is 0 Å². The summed E-state index contributed by atoms with van der Waals surface area (Å²) in [6.07, 6.45) is 3.42. The maximum atomic E-state index is 12.8. The van der Waals surface area contributed by atoms with Gasteiger partial charge in [-0.1, -0.05) is 12.1 Å². The highest BCUT2D eigenvalue weighted by Crippen LogP contribution is 2.25. The molecule has 6 heteroatoms. The van der Waals surface area contributed by atoms with Crippen LogP contribution in [0.15, 0.2) is 54.3 Å². The summed E-state index contributed by atoms with van der Waals surface area (Å²) >= 11 is 1.47. The van der Waals surface area contributed by atoms with Crippen molar-refractivity contribution in [2.24, 2.45) is 0 Å². The number of ether oxygens (including phenoxy) is 1. The standard InChI is InChI=1S/C18H17N3O2S/c1-21(11-13-5-7-14(23-2)8-6-13)18(22)15-4-3-9-20-17(15)16-10-19-12-24-16/h3-10,12H,11H2,1-2H3. The minimum absolute atomic E-state index is 0.0673. The van der Waals surface area contributed by atoms with Crippen molar-refractivity contribution >= 4 is 17.2 Å². The molecular weight excluding hydrogens is 322 g/mol. The van der Waals surface area contributed by atoms with Crippen molar-refractivity contribution in [2.45, 2.75) is 6.54 Å². The van der Waals surface area contributed by atoms with Crippen LogP contribution in [0.5, 0.6) is 5.75 Å². The van der Waals surface area contributed by atoms with E-state index in [1.165, 1.54) is 11.3 Å². The van der Waals surface area contributed by atoms with Crippen molar-refractivity contribution in [1.82, 2.24) is 14.9 Å². The lowest BCUT2D eigenvalue weighted by molar-refractivity contribution is 0.0785. The van der Waals surface area contributed by atoms with E-state index in [0.29, 0.717) is 17.8 Å². The Kier molecular flexibility index (Phi) is 4.86. The van der Waals surface area contributed by atoms with E-state index in [-0.39, 0.29) is 5.91 Å². The summed E-state index contributed by atoms with van der Waals surface area (Å²) in [6, 6.07) is 11.3. The zero-order valence-corrected chi connectivity index (χ0v) is 14.3. The number of hydrogen-bond donors (Lipinski definition) is 0. The SMILES string of the molecule is COc1ccc(CN(C)C(=O)c2cccnc2-c2cncs2)cc1. The zero-order valence-electron chi connectivity index (χ0n) is 13.5. The molecule has 24 heavy (non-hydrogen) atoms. The van der Waals surface area contributed by atoms with Crippen molar-refractivity contribution in [3.63, 3.8) is 0 Å². The molecule has 0 N–H and O–H groups in total. The molecule has 0 radical (unpaired) electrons. The van der Waals surface area contributed by atoms with Gasteiger partial charge < -0.3 is 9.64 Å². The van der Waals surface area contributed by atoms with Gasteiger partial charge in [0.1, 0.15) is 5.75 Å². The molecule has 0 saturated heterocycles. The van der Waals surface area contributed by atoms with Crippen LogP contribution in [0.2, 0.25) is 0 Å². The first kappa shape index (κ1) is 16.1. The number of methoxy groups -OCH3 is 1. The van der Waals surface area contributed by atoms with Crippen LogP contribution in [0.25, 0.3) is 10.6 Å². The average Bonchev–Trinajstić information content (AvgIpc) is 3.16. The van der Waals surface area contributed by atoms with Crippen molar-refractivity contribution in [3.8, 4) is 16.3 Å². The van der Waals surface area contributed by atoms with Crippen molar-refractivity contribution in [2.75, 3.05) is 14.2 Å². The molecule has 0 saturated carbocycles. The third-order valence-electron chi connectivity index (χ3n) is 3.63. The highest BCUT2D eigenvalue weighted by Gasteiger charge is 2.18. The maximum absolute atomic E-state index is 12.8. The number of pyridine rings is 1. The van der Waals surface area contributed by atoms with Gasteiger partial charge in [-0.2, -0.15) is 0 Å². The first-order valence-electron chi connectivity index (χ1n) is 7.41. The number of thiazole rings is 1. The number of amides is 1. The molecule has 0 aliphatic carbocycles. The molecule has 0 atom stereocenters. The van der Waals surface area contributed by atoms with Gasteiger partial charge in [-0.25, -0.2) is 0 Å². The van der Waals surface area contributed by atoms with Crippen LogP contribution >= 0.6 is 11.3 Å². The van der Waals surface area contributed by atoms with E-state index in [1.807, 2.05) is 24.3 Å². The smallest absolute Gasteiger partial charge is 0.256 e. The minimum atomic E-state index is -0.0673. The lowest BCUT2D eigenvalue weighted by Crippen LogP contribution is -2.26. The molecule has 122 valence electrons. The highest BCUT2D eigenvalue weighted by atomic mass is 32.1. The third-order valence-corrected chi connectivity index (χ3v) is 4.41. The van der Waals surface area contributed by atoms with Gasteiger partial charge in [0.05, 0.1) is 28.8 Å². The second kappa shape index (κ2) is 7.23. The van der Waals surface area contributed by atoms with Crippen LogP contribution in [0.3, 0.4) is 0 Å². The van der Waals surface area contributed by atoms with Crippen LogP contribution in [0.1, 0.15) is 15.9 Å². The van der Waals surface area contributed by atoms with Crippen molar-refractivity contribution in [3.05, 3.63) is 65.4 Å². The summed E-state index contributed by atoms with van der Waals surface area (Å²) < 4.78 is 5.15. The van der Waals surface area contributed by atoms with Gasteiger partial charge in [-0.05, 0) is 29.8 Å². The van der Waals surface area contributed by atoms with Crippen molar-refractivity contribution in [1.29, 1.82) is 0 Å². The lowest BCUT2D eigenvalue weighted by atomic mass is 10.1. The van der Waals surface area contributed by atoms with Gasteiger partial charge in [-0.15, -0.1) is 11.3 Å². The summed E-state index contributed by atoms with van der Waals surface area (Å²) in [5, 5.41) is 0. The molecule has 2 heterocycles. The molecule has 0 unspecified atom stereocenters. The zero-order chi connectivity index (χ0) is 16.9. The number of nitrogens with zero attached hydrogens (tertiary/aromatic N) is 3. The quantitative estimate of drug-likeness (QED) is 0.714. The number of rotatable bonds is 5. The van der Waals surface area contributed by atoms with E-state index in [2.05, 4.69) is 9.97 Å². The van der Waals surface area contributed by atoms with E-state index < -0.39 is 0 Å². The second-order valence-electron chi connectivity index (χ2n) is 5.27. The molecule has 1 amide bonds. The van der Waals surface area contributed by atoms with Crippen LogP contribution in [0, 0.1) is 0 Å². The monoisotopic (exact) mass is 339 g/mol. The summed E-state index contributed by atoms with van der Waals surface area (Å²) in [5.74, 6) is 0.731. The Hall–Kier alpha value is -2.73. The van der Waals surface area contributed by atoms with Crippen LogP contribution in [-0.2, 0) is 6.54 Å². The fourth-order valence-corrected chi connectivity index (χ4v) is 3.02. The number of benzene rings is 1. The molecule has 0 spiro atoms. The summed E-state index contributed by atoms with van der Waals surface area (Å²) in [5.41, 5.74) is 4.03. The first-order valence-corrected chi connectivity index (χ1v) is 8.29. The second-order valence-corrected chi connectivity index (χ2v) is 6.16. The van der Waals surface area contributed by atoms with Crippen molar-refractivity contribution < 1.29 is 9.53 Å². The molecule has 3 aromatic rings. The Morgan fingerprint density at radius 3 is 2.71 bits per heavy atom. The minimum Gasteiger partial charge on any atom is -0.497 e. The molecule has 5 nitrogen and oxygen atoms in total. The van der Waals surface area contributed by atoms with Gasteiger partial charge in [-0.3, -0.25) is 14.8 Å². The van der Waals surface area contributed by atoms with Gasteiger partial charge in [0.25, 0.3) is 5.91 Å². The molecule has 3 rings (SSSR count). The predicted octanol–water partition coefficient (Wildman–Crippen LogP) is 3.49. The molecule has 0 bridgehead atoms. The van der Waals surface area contributed by atoms with E-state index in [4.69, 9.17) is 4.74 Å². The van der Waals surface area contributed by atoms with E-state index in [0.717, 1.165) is 16.2 Å². The average molecular weight is 339 g/mol. The predicted molar refractivity (Wildman–Crippen MR) is 94.1 cm³/mol. The molecule has 0 fully saturated rings. The van der Waals surface area contributed by atoms with Crippen LogP contribution in [0.4, 0.5) is 0 Å². The molecule has 0 aliphatic heterocycles. The Morgan fingerprint density at radius 2 is 2.04 bits per heavy atom. The van der Waals surface area contributed by atoms with Gasteiger partial charge in [0, 0.05) is 26.0 Å². The number of carbonyl (C=O) groups excluding carboxylic acids is 1. The third kappa shape index (κ3) is 3.44.